The molecule has 0 unspecified atom stereocenters. The molecule has 1 saturated heterocycles. The normalized spacial score (nSPS) is 19.2. The molecule has 2 aromatic rings. The van der Waals surface area contributed by atoms with Gasteiger partial charge in [-0.3, -0.25) is 9.67 Å². The van der Waals surface area contributed by atoms with Gasteiger partial charge in [-0.2, -0.15) is 22.1 Å². The van der Waals surface area contributed by atoms with Gasteiger partial charge in [-0.15, -0.1) is 0 Å². The minimum absolute atomic E-state index is 0.260. The highest BCUT2D eigenvalue weighted by atomic mass is 32.2. The first kappa shape index (κ1) is 17.0. The van der Waals surface area contributed by atoms with E-state index in [-0.39, 0.29) is 5.92 Å². The summed E-state index contributed by atoms with van der Waals surface area (Å²) in [6.45, 7) is 1.08. The summed E-state index contributed by atoms with van der Waals surface area (Å²) in [6.07, 6.45) is 6.76. The Hall–Kier alpha value is -1.84. The van der Waals surface area contributed by atoms with Crippen LogP contribution in [0.15, 0.2) is 24.7 Å². The van der Waals surface area contributed by atoms with Gasteiger partial charge < -0.3 is 0 Å². The van der Waals surface area contributed by atoms with Gasteiger partial charge in [0.05, 0.1) is 17.6 Å². The molecule has 0 radical (unpaired) electrons. The Morgan fingerprint density at radius 3 is 2.79 bits per heavy atom. The van der Waals surface area contributed by atoms with Crippen LogP contribution in [0.1, 0.15) is 12.1 Å². The van der Waals surface area contributed by atoms with Crippen LogP contribution in [0.25, 0.3) is 11.4 Å². The standard InChI is InChI=1S/C15H22N6O2S/c1-19(2)24(22,23)21-7-5-12(11-21)8-13-9-16-10-14(18-13)15-4-6-17-20(15)3/h4,6,9-10,12H,5,7-8,11H2,1-3H3/t12-/m1/s1. The molecule has 8 nitrogen and oxygen atoms in total. The lowest BCUT2D eigenvalue weighted by Gasteiger charge is -2.20. The molecule has 0 amide bonds. The third kappa shape index (κ3) is 3.33. The van der Waals surface area contributed by atoms with Crippen molar-refractivity contribution in [3.05, 3.63) is 30.4 Å². The van der Waals surface area contributed by atoms with Crippen molar-refractivity contribution in [2.75, 3.05) is 27.2 Å². The number of nitrogens with zero attached hydrogens (tertiary/aromatic N) is 6. The summed E-state index contributed by atoms with van der Waals surface area (Å²) in [5.74, 6) is 0.260. The van der Waals surface area contributed by atoms with Crippen LogP contribution in [-0.2, 0) is 23.7 Å². The molecule has 3 rings (SSSR count). The van der Waals surface area contributed by atoms with Crippen LogP contribution in [0.3, 0.4) is 0 Å². The summed E-state index contributed by atoms with van der Waals surface area (Å²) in [5, 5.41) is 4.15. The Balaban J connectivity index is 1.71. The number of aryl methyl sites for hydroxylation is 1. The predicted molar refractivity (Wildman–Crippen MR) is 90.2 cm³/mol. The molecule has 1 fully saturated rings. The fourth-order valence-corrected chi connectivity index (χ4v) is 4.15. The van der Waals surface area contributed by atoms with Gasteiger partial charge in [0.25, 0.3) is 10.2 Å². The van der Waals surface area contributed by atoms with Gasteiger partial charge in [-0.05, 0) is 24.8 Å². The molecule has 0 N–H and O–H groups in total. The van der Waals surface area contributed by atoms with E-state index in [9.17, 15) is 8.42 Å². The van der Waals surface area contributed by atoms with Crippen LogP contribution in [0.5, 0.6) is 0 Å². The topological polar surface area (TPSA) is 84.2 Å². The number of aromatic nitrogens is 4. The zero-order valence-electron chi connectivity index (χ0n) is 14.1. The first-order valence-corrected chi connectivity index (χ1v) is 9.24. The molecule has 0 saturated carbocycles. The summed E-state index contributed by atoms with van der Waals surface area (Å²) in [5.41, 5.74) is 2.57. The summed E-state index contributed by atoms with van der Waals surface area (Å²) in [6, 6.07) is 1.90. The maximum absolute atomic E-state index is 12.2. The highest BCUT2D eigenvalue weighted by Crippen LogP contribution is 2.24. The summed E-state index contributed by atoms with van der Waals surface area (Å²) < 4.78 is 28.9. The summed E-state index contributed by atoms with van der Waals surface area (Å²) in [7, 11) is 1.66. The number of hydrogen-bond donors (Lipinski definition) is 0. The fourth-order valence-electron chi connectivity index (χ4n) is 2.95. The van der Waals surface area contributed by atoms with Gasteiger partial charge in [-0.25, -0.2) is 4.98 Å². The molecule has 24 heavy (non-hydrogen) atoms. The lowest BCUT2D eigenvalue weighted by molar-refractivity contribution is 0.409. The van der Waals surface area contributed by atoms with Gasteiger partial charge in [-0.1, -0.05) is 0 Å². The zero-order valence-corrected chi connectivity index (χ0v) is 14.9. The van der Waals surface area contributed by atoms with E-state index in [1.165, 1.54) is 8.61 Å². The van der Waals surface area contributed by atoms with E-state index in [0.29, 0.717) is 13.1 Å². The van der Waals surface area contributed by atoms with Gasteiger partial charge in [0.2, 0.25) is 0 Å². The molecule has 1 aliphatic heterocycles. The van der Waals surface area contributed by atoms with E-state index in [2.05, 4.69) is 15.1 Å². The Labute approximate surface area is 142 Å². The van der Waals surface area contributed by atoms with Crippen LogP contribution in [0.4, 0.5) is 0 Å². The zero-order chi connectivity index (χ0) is 17.3. The molecule has 3 heterocycles. The molecule has 1 atom stereocenters. The van der Waals surface area contributed by atoms with E-state index in [1.807, 2.05) is 13.1 Å². The second kappa shape index (κ2) is 6.58. The van der Waals surface area contributed by atoms with Crippen LogP contribution < -0.4 is 0 Å². The van der Waals surface area contributed by atoms with Crippen LogP contribution in [0.2, 0.25) is 0 Å². The Morgan fingerprint density at radius 1 is 1.33 bits per heavy atom. The SMILES string of the molecule is CN(C)S(=O)(=O)N1CC[C@H](Cc2cncc(-c3ccnn3C)n2)C1. The van der Waals surface area contributed by atoms with Gasteiger partial charge in [0.1, 0.15) is 5.69 Å². The van der Waals surface area contributed by atoms with E-state index < -0.39 is 10.2 Å². The highest BCUT2D eigenvalue weighted by Gasteiger charge is 2.32. The minimum atomic E-state index is -3.33. The molecule has 0 bridgehead atoms. The average Bonchev–Trinajstić information content (AvgIpc) is 3.16. The fraction of sp³-hybridized carbons (Fsp3) is 0.533. The second-order valence-corrected chi connectivity index (χ2v) is 8.39. The largest absolute Gasteiger partial charge is 0.281 e. The van der Waals surface area contributed by atoms with Crippen molar-refractivity contribution < 1.29 is 8.42 Å². The van der Waals surface area contributed by atoms with E-state index in [4.69, 9.17) is 0 Å². The predicted octanol–water partition coefficient (Wildman–Crippen LogP) is 0.548. The monoisotopic (exact) mass is 350 g/mol. The lowest BCUT2D eigenvalue weighted by Crippen LogP contribution is -2.38. The van der Waals surface area contributed by atoms with Crippen molar-refractivity contribution in [2.45, 2.75) is 12.8 Å². The first-order chi connectivity index (χ1) is 11.4. The van der Waals surface area contributed by atoms with Crippen LogP contribution in [0, 0.1) is 5.92 Å². The Bertz CT molecular complexity index is 817. The van der Waals surface area contributed by atoms with Crippen molar-refractivity contribution in [1.82, 2.24) is 28.4 Å². The number of hydrogen-bond acceptors (Lipinski definition) is 5. The van der Waals surface area contributed by atoms with Crippen molar-refractivity contribution in [3.8, 4) is 11.4 Å². The molecular weight excluding hydrogens is 328 g/mol. The Morgan fingerprint density at radius 2 is 2.12 bits per heavy atom. The highest BCUT2D eigenvalue weighted by molar-refractivity contribution is 7.86. The molecule has 0 aromatic carbocycles. The molecule has 1 aliphatic rings. The van der Waals surface area contributed by atoms with E-state index in [1.54, 1.807) is 37.4 Å². The van der Waals surface area contributed by atoms with Gasteiger partial charge in [0.15, 0.2) is 0 Å². The summed E-state index contributed by atoms with van der Waals surface area (Å²) in [4.78, 5) is 8.94. The smallest absolute Gasteiger partial charge is 0.266 e. The molecule has 0 spiro atoms. The maximum Gasteiger partial charge on any atom is 0.281 e. The second-order valence-electron chi connectivity index (χ2n) is 6.24. The van der Waals surface area contributed by atoms with Crippen LogP contribution >= 0.6 is 0 Å². The van der Waals surface area contributed by atoms with Crippen molar-refractivity contribution >= 4 is 10.2 Å². The van der Waals surface area contributed by atoms with Crippen molar-refractivity contribution in [2.24, 2.45) is 13.0 Å². The lowest BCUT2D eigenvalue weighted by atomic mass is 10.0. The quantitative estimate of drug-likeness (QED) is 0.786. The molecule has 2 aromatic heterocycles. The van der Waals surface area contributed by atoms with Crippen molar-refractivity contribution in [1.29, 1.82) is 0 Å². The van der Waals surface area contributed by atoms with E-state index in [0.717, 1.165) is 29.9 Å². The third-order valence-electron chi connectivity index (χ3n) is 4.30. The van der Waals surface area contributed by atoms with Gasteiger partial charge in [0, 0.05) is 46.6 Å². The van der Waals surface area contributed by atoms with Crippen LogP contribution in [-0.4, -0.2) is 64.0 Å². The Kier molecular flexibility index (Phi) is 4.66. The third-order valence-corrected chi connectivity index (χ3v) is 6.21. The molecule has 9 heteroatoms. The number of rotatable bonds is 5. The summed E-state index contributed by atoms with van der Waals surface area (Å²) >= 11 is 0. The first-order valence-electron chi connectivity index (χ1n) is 7.85. The molecule has 0 aliphatic carbocycles. The van der Waals surface area contributed by atoms with Gasteiger partial charge >= 0.3 is 0 Å². The average molecular weight is 350 g/mol. The minimum Gasteiger partial charge on any atom is -0.266 e. The molecular formula is C15H22N6O2S. The van der Waals surface area contributed by atoms with E-state index >= 15 is 0 Å². The maximum atomic E-state index is 12.2. The molecule has 130 valence electrons. The van der Waals surface area contributed by atoms with Crippen molar-refractivity contribution in [3.63, 3.8) is 0 Å².